The summed E-state index contributed by atoms with van der Waals surface area (Å²) in [4.78, 5) is 73.6. The normalized spacial score (nSPS) is 14.2. The first-order chi connectivity index (χ1) is 55.3. The quantitative estimate of drug-likeness (QED) is 0.0222. The summed E-state index contributed by atoms with van der Waals surface area (Å²) in [6, 6.07) is 0. The fourth-order valence-electron chi connectivity index (χ4n) is 14.9. The minimum atomic E-state index is -4.97. The molecule has 19 heteroatoms. The molecule has 0 heterocycles. The lowest BCUT2D eigenvalue weighted by Gasteiger charge is -2.21. The number of aliphatic hydroxyl groups excluding tert-OH is 1. The van der Waals surface area contributed by atoms with Gasteiger partial charge >= 0.3 is 39.5 Å². The Bertz CT molecular complexity index is 2190. The van der Waals surface area contributed by atoms with Crippen LogP contribution in [0.15, 0.2) is 0 Å². The van der Waals surface area contributed by atoms with Crippen molar-refractivity contribution < 1.29 is 80.2 Å². The first-order valence-corrected chi connectivity index (χ1v) is 51.9. The smallest absolute Gasteiger partial charge is 0.462 e. The number of esters is 4. The SMILES string of the molecule is CCCCCCCCCCCCCCC(=O)OC[C@H](COP(=O)(O)OC[C@H](O)COP(=O)(O)OC[C@@H](COC(=O)CCCCCCCCCCCCCCCCCCCCC(C)CC)OC(=O)CCCCCCCCCCCCCCCCCCCCC(C)CC)OC(=O)CCCCCCCCCCCCCCCCCC(C)C. The molecule has 4 unspecified atom stereocenters. The lowest BCUT2D eigenvalue weighted by molar-refractivity contribution is -0.161. The topological polar surface area (TPSA) is 237 Å². The van der Waals surface area contributed by atoms with Crippen molar-refractivity contribution in [2.75, 3.05) is 39.6 Å². The summed E-state index contributed by atoms with van der Waals surface area (Å²) in [6.45, 7) is 12.2. The predicted molar refractivity (Wildman–Crippen MR) is 474 cm³/mol. The molecule has 7 atom stereocenters. The number of phosphoric acid groups is 2. The molecule has 0 aromatic rings. The van der Waals surface area contributed by atoms with Crippen LogP contribution >= 0.6 is 15.6 Å². The molecule has 0 saturated heterocycles. The Morgan fingerprint density at radius 1 is 0.254 bits per heavy atom. The number of rotatable bonds is 93. The van der Waals surface area contributed by atoms with Gasteiger partial charge in [0.25, 0.3) is 0 Å². The average molecular weight is 1660 g/mol. The third-order valence-corrected chi connectivity index (χ3v) is 25.0. The summed E-state index contributed by atoms with van der Waals surface area (Å²) in [6.07, 6.45) is 79.1. The van der Waals surface area contributed by atoms with Crippen molar-refractivity contribution >= 4 is 39.5 Å². The second kappa shape index (κ2) is 84.7. The highest BCUT2D eigenvalue weighted by Gasteiger charge is 2.31. The third-order valence-electron chi connectivity index (χ3n) is 23.1. The van der Waals surface area contributed by atoms with E-state index in [2.05, 4.69) is 48.5 Å². The van der Waals surface area contributed by atoms with Crippen LogP contribution < -0.4 is 0 Å². The van der Waals surface area contributed by atoms with Gasteiger partial charge in [-0.3, -0.25) is 37.3 Å². The van der Waals surface area contributed by atoms with Gasteiger partial charge in [-0.15, -0.1) is 0 Å². The molecule has 0 aliphatic carbocycles. The maximum atomic E-state index is 13.2. The maximum Gasteiger partial charge on any atom is 0.472 e. The van der Waals surface area contributed by atoms with Crippen molar-refractivity contribution in [3.05, 3.63) is 0 Å². The van der Waals surface area contributed by atoms with Gasteiger partial charge in [-0.1, -0.05) is 459 Å². The van der Waals surface area contributed by atoms with Crippen molar-refractivity contribution in [1.82, 2.24) is 0 Å². The van der Waals surface area contributed by atoms with Crippen molar-refractivity contribution in [3.8, 4) is 0 Å². The molecule has 0 amide bonds. The number of ether oxygens (including phenoxy) is 4. The Balaban J connectivity index is 5.24. The van der Waals surface area contributed by atoms with Gasteiger partial charge in [-0.05, 0) is 43.4 Å². The zero-order valence-electron chi connectivity index (χ0n) is 75.6. The van der Waals surface area contributed by atoms with Gasteiger partial charge in [-0.25, -0.2) is 9.13 Å². The molecule has 0 fully saturated rings. The molecule has 0 aromatic heterocycles. The van der Waals surface area contributed by atoms with Crippen LogP contribution in [0.3, 0.4) is 0 Å². The Kier molecular flexibility index (Phi) is 83.2. The summed E-state index contributed by atoms with van der Waals surface area (Å²) in [5, 5.41) is 10.7. The summed E-state index contributed by atoms with van der Waals surface area (Å²) in [7, 11) is -9.94. The van der Waals surface area contributed by atoms with E-state index < -0.39 is 97.5 Å². The monoisotopic (exact) mass is 1660 g/mol. The summed E-state index contributed by atoms with van der Waals surface area (Å²) >= 11 is 0. The number of phosphoric ester groups is 2. The molecule has 0 rings (SSSR count). The van der Waals surface area contributed by atoms with Crippen LogP contribution in [0, 0.1) is 17.8 Å². The molecular weight excluding hydrogens is 1470 g/mol. The van der Waals surface area contributed by atoms with Crippen LogP contribution in [0.4, 0.5) is 0 Å². The fraction of sp³-hybridized carbons (Fsp3) is 0.958. The highest BCUT2D eigenvalue weighted by molar-refractivity contribution is 7.47. The molecule has 0 saturated carbocycles. The highest BCUT2D eigenvalue weighted by Crippen LogP contribution is 2.45. The van der Waals surface area contributed by atoms with E-state index in [0.29, 0.717) is 25.7 Å². The van der Waals surface area contributed by atoms with E-state index in [0.717, 1.165) is 108 Å². The number of hydrogen-bond acceptors (Lipinski definition) is 15. The summed E-state index contributed by atoms with van der Waals surface area (Å²) in [5.74, 6) is 0.455. The zero-order valence-corrected chi connectivity index (χ0v) is 77.4. The molecule has 114 heavy (non-hydrogen) atoms. The Morgan fingerprint density at radius 3 is 0.667 bits per heavy atom. The first kappa shape index (κ1) is 112. The molecule has 17 nitrogen and oxygen atoms in total. The minimum Gasteiger partial charge on any atom is -0.462 e. The van der Waals surface area contributed by atoms with Crippen LogP contribution in [-0.4, -0.2) is 96.7 Å². The van der Waals surface area contributed by atoms with Crippen LogP contribution in [0.25, 0.3) is 0 Å². The third kappa shape index (κ3) is 85.1. The lowest BCUT2D eigenvalue weighted by Crippen LogP contribution is -2.30. The van der Waals surface area contributed by atoms with E-state index in [4.69, 9.17) is 37.0 Å². The first-order valence-electron chi connectivity index (χ1n) is 48.9. The number of carbonyl (C=O) groups excluding carboxylic acids is 4. The van der Waals surface area contributed by atoms with Crippen LogP contribution in [0.5, 0.6) is 0 Å². The largest absolute Gasteiger partial charge is 0.472 e. The summed E-state index contributed by atoms with van der Waals surface area (Å²) in [5.41, 5.74) is 0. The van der Waals surface area contributed by atoms with Crippen molar-refractivity contribution in [1.29, 1.82) is 0 Å². The molecule has 0 radical (unpaired) electrons. The highest BCUT2D eigenvalue weighted by atomic mass is 31.2. The van der Waals surface area contributed by atoms with E-state index in [1.807, 2.05) is 0 Å². The molecule has 0 aliphatic rings. The van der Waals surface area contributed by atoms with Crippen LogP contribution in [0.2, 0.25) is 0 Å². The fourth-order valence-corrected chi connectivity index (χ4v) is 16.5. The number of hydrogen-bond donors (Lipinski definition) is 3. The molecule has 0 spiro atoms. The van der Waals surface area contributed by atoms with Gasteiger partial charge in [-0.2, -0.15) is 0 Å². The predicted octanol–water partition coefficient (Wildman–Crippen LogP) is 29.6. The molecule has 0 bridgehead atoms. The van der Waals surface area contributed by atoms with Crippen molar-refractivity contribution in [2.24, 2.45) is 17.8 Å². The molecule has 0 aliphatic heterocycles. The van der Waals surface area contributed by atoms with Crippen molar-refractivity contribution in [3.63, 3.8) is 0 Å². The van der Waals surface area contributed by atoms with E-state index >= 15 is 0 Å². The maximum absolute atomic E-state index is 13.2. The van der Waals surface area contributed by atoms with E-state index in [9.17, 15) is 43.2 Å². The number of aliphatic hydroxyl groups is 1. The van der Waals surface area contributed by atoms with E-state index in [1.165, 1.54) is 321 Å². The van der Waals surface area contributed by atoms with Gasteiger partial charge in [0.2, 0.25) is 0 Å². The number of carbonyl (C=O) groups is 4. The second-order valence-corrected chi connectivity index (χ2v) is 38.0. The van der Waals surface area contributed by atoms with Crippen LogP contribution in [-0.2, 0) is 65.4 Å². The Labute approximate surface area is 702 Å². The van der Waals surface area contributed by atoms with Gasteiger partial charge in [0.1, 0.15) is 19.3 Å². The Hall–Kier alpha value is -1.94. The lowest BCUT2D eigenvalue weighted by atomic mass is 9.99. The number of unbranched alkanes of at least 4 members (excludes halogenated alkanes) is 59. The van der Waals surface area contributed by atoms with Crippen LogP contribution in [0.1, 0.15) is 511 Å². The average Bonchev–Trinajstić information content (AvgIpc) is 0.896. The van der Waals surface area contributed by atoms with Gasteiger partial charge < -0.3 is 33.8 Å². The summed E-state index contributed by atoms with van der Waals surface area (Å²) < 4.78 is 69.2. The molecule has 678 valence electrons. The standard InChI is InChI=1S/C95H186O17P2/c1-8-11-12-13-14-15-16-41-48-55-62-69-76-92(97)105-82-90(111-95(100)79-72-65-58-51-44-37-31-25-26-32-38-45-52-59-66-73-86(4)5)84-109-113(101,102)107-80-89(96)81-108-114(103,104)110-85-91(112-94(99)78-71-64-57-50-43-36-30-24-20-18-22-28-34-40-47-54-61-68-75-88(7)10-3)83-106-93(98)77-70-63-56-49-42-35-29-23-19-17-21-27-33-39-46-53-60-67-74-87(6)9-2/h86-91,96H,8-85H2,1-7H3,(H,101,102)(H,103,104)/t87?,88?,89-,90+,91+/m0/s1. The second-order valence-electron chi connectivity index (χ2n) is 35.1. The molecule has 0 aromatic carbocycles. The Morgan fingerprint density at radius 2 is 0.447 bits per heavy atom. The van der Waals surface area contributed by atoms with E-state index in [1.54, 1.807) is 0 Å². The zero-order chi connectivity index (χ0) is 83.6. The van der Waals surface area contributed by atoms with E-state index in [-0.39, 0.29) is 25.7 Å². The van der Waals surface area contributed by atoms with Gasteiger partial charge in [0.15, 0.2) is 12.2 Å². The van der Waals surface area contributed by atoms with Gasteiger partial charge in [0.05, 0.1) is 26.4 Å². The van der Waals surface area contributed by atoms with Crippen molar-refractivity contribution in [2.45, 2.75) is 529 Å². The molecular formula is C95H186O17P2. The van der Waals surface area contributed by atoms with Gasteiger partial charge in [0, 0.05) is 25.7 Å². The minimum absolute atomic E-state index is 0.108. The molecule has 3 N–H and O–H groups in total.